The highest BCUT2D eigenvalue weighted by Crippen LogP contribution is 2.40. The zero-order valence-electron chi connectivity index (χ0n) is 19.1. The van der Waals surface area contributed by atoms with Crippen LogP contribution in [0, 0.1) is 17.6 Å². The van der Waals surface area contributed by atoms with Gasteiger partial charge in [0.05, 0.1) is 29.2 Å². The highest BCUT2D eigenvalue weighted by atomic mass is 19.1. The molecule has 3 aromatic heterocycles. The van der Waals surface area contributed by atoms with Crippen LogP contribution in [0.1, 0.15) is 42.2 Å². The number of carbonyl (C=O) groups is 1. The van der Waals surface area contributed by atoms with Crippen molar-refractivity contribution in [3.63, 3.8) is 0 Å². The van der Waals surface area contributed by atoms with Crippen molar-refractivity contribution in [3.05, 3.63) is 78.0 Å². The number of hydrogen-bond acceptors (Lipinski definition) is 6. The number of amides is 1. The van der Waals surface area contributed by atoms with Gasteiger partial charge in [-0.2, -0.15) is 5.10 Å². The van der Waals surface area contributed by atoms with Crippen molar-refractivity contribution < 1.29 is 13.6 Å². The Morgan fingerprint density at radius 2 is 1.94 bits per heavy atom. The fourth-order valence-electron chi connectivity index (χ4n) is 5.12. The second kappa shape index (κ2) is 8.79. The molecule has 0 unspecified atom stereocenters. The second-order valence-corrected chi connectivity index (χ2v) is 9.28. The first-order chi connectivity index (χ1) is 16.7. The number of nitrogens with one attached hydrogen (secondary N) is 1. The number of halogens is 2. The number of rotatable bonds is 4. The molecule has 0 bridgehead atoms. The number of pyridine rings is 1. The summed E-state index contributed by atoms with van der Waals surface area (Å²) in [6.07, 6.45) is 8.21. The van der Waals surface area contributed by atoms with Gasteiger partial charge in [0.1, 0.15) is 17.3 Å². The first-order valence-corrected chi connectivity index (χ1v) is 11.3. The van der Waals surface area contributed by atoms with Crippen molar-refractivity contribution in [1.82, 2.24) is 19.6 Å². The number of hydrogen-bond donors (Lipinski definition) is 3. The Balaban J connectivity index is 1.49. The number of aromatic nitrogens is 4. The number of benzene rings is 1. The Bertz CT molecular complexity index is 1390. The van der Waals surface area contributed by atoms with Crippen LogP contribution in [-0.4, -0.2) is 31.5 Å². The third-order valence-corrected chi connectivity index (χ3v) is 6.48. The molecule has 0 spiro atoms. The van der Waals surface area contributed by atoms with Crippen molar-refractivity contribution in [2.24, 2.45) is 17.4 Å². The van der Waals surface area contributed by atoms with Gasteiger partial charge in [-0.15, -0.1) is 0 Å². The van der Waals surface area contributed by atoms with Crippen LogP contribution in [0.3, 0.4) is 0 Å². The molecule has 5 rings (SSSR count). The van der Waals surface area contributed by atoms with Crippen molar-refractivity contribution in [2.75, 3.05) is 5.32 Å². The van der Waals surface area contributed by atoms with E-state index < -0.39 is 23.1 Å². The molecule has 8 nitrogen and oxygen atoms in total. The maximum Gasteiger partial charge on any atom is 0.274 e. The molecular weight excluding hydrogens is 452 g/mol. The number of nitrogens with two attached hydrogens (primary N) is 2. The number of fused-ring (bicyclic) bond motifs is 1. The van der Waals surface area contributed by atoms with E-state index in [1.165, 1.54) is 29.0 Å². The molecule has 0 aliphatic heterocycles. The molecule has 1 aliphatic rings. The van der Waals surface area contributed by atoms with Gasteiger partial charge in [0, 0.05) is 24.0 Å². The van der Waals surface area contributed by atoms with Gasteiger partial charge in [-0.05, 0) is 55.0 Å². The summed E-state index contributed by atoms with van der Waals surface area (Å²) in [7, 11) is 0. The number of anilines is 1. The van der Waals surface area contributed by atoms with Crippen LogP contribution in [0.15, 0.2) is 55.1 Å². The van der Waals surface area contributed by atoms with Crippen molar-refractivity contribution in [3.8, 4) is 11.1 Å². The van der Waals surface area contributed by atoms with Gasteiger partial charge in [0.25, 0.3) is 5.91 Å². The molecule has 3 heterocycles. The van der Waals surface area contributed by atoms with Crippen LogP contribution in [-0.2, 0) is 5.54 Å². The third-order valence-electron chi connectivity index (χ3n) is 6.48. The van der Waals surface area contributed by atoms with E-state index in [0.29, 0.717) is 18.0 Å². The molecule has 4 aromatic rings. The highest BCUT2D eigenvalue weighted by Gasteiger charge is 2.38. The van der Waals surface area contributed by atoms with Crippen LogP contribution in [0.25, 0.3) is 16.8 Å². The zero-order valence-corrected chi connectivity index (χ0v) is 19.1. The summed E-state index contributed by atoms with van der Waals surface area (Å²) < 4.78 is 30.1. The summed E-state index contributed by atoms with van der Waals surface area (Å²) in [6, 6.07) is 6.83. The van der Waals surface area contributed by atoms with Gasteiger partial charge in [0.2, 0.25) is 0 Å². The molecule has 1 fully saturated rings. The van der Waals surface area contributed by atoms with Crippen LogP contribution in [0.4, 0.5) is 14.5 Å². The zero-order chi connectivity index (χ0) is 24.7. The highest BCUT2D eigenvalue weighted by molar-refractivity contribution is 6.03. The standard InChI is InChI=1S/C25H25F2N7O/c1-14-9-15(28)11-25(29,10-14)17-5-7-30-13-21(17)33-24(35)20-6-8-34-23(32-20)16(12-31-34)22-18(26)3-2-4-19(22)27/h2-8,12-15H,9-11,28-29H2,1H3,(H,33,35)/t14-,15-,25+/m0/s1. The molecular formula is C25H25F2N7O. The van der Waals surface area contributed by atoms with Crippen molar-refractivity contribution >= 4 is 17.2 Å². The lowest BCUT2D eigenvalue weighted by Crippen LogP contribution is -2.48. The Labute approximate surface area is 200 Å². The molecule has 1 aromatic carbocycles. The molecule has 1 saturated carbocycles. The van der Waals surface area contributed by atoms with Crippen LogP contribution < -0.4 is 16.8 Å². The maximum absolute atomic E-state index is 14.4. The van der Waals surface area contributed by atoms with E-state index in [0.717, 1.165) is 30.5 Å². The Morgan fingerprint density at radius 1 is 1.17 bits per heavy atom. The summed E-state index contributed by atoms with van der Waals surface area (Å²) in [4.78, 5) is 21.7. The molecule has 180 valence electrons. The van der Waals surface area contributed by atoms with Crippen molar-refractivity contribution in [1.29, 1.82) is 0 Å². The SMILES string of the molecule is C[C@H]1C[C@H](N)C[C@@](N)(c2ccncc2NC(=O)c2ccn3ncc(-c4c(F)cccc4F)c3n2)C1. The van der Waals surface area contributed by atoms with E-state index >= 15 is 0 Å². The summed E-state index contributed by atoms with van der Waals surface area (Å²) in [5.74, 6) is -1.67. The molecule has 5 N–H and O–H groups in total. The van der Waals surface area contributed by atoms with E-state index in [4.69, 9.17) is 11.5 Å². The molecule has 0 radical (unpaired) electrons. The Morgan fingerprint density at radius 3 is 2.69 bits per heavy atom. The number of nitrogens with zero attached hydrogens (tertiary/aromatic N) is 4. The Kier molecular flexibility index (Phi) is 5.78. The minimum Gasteiger partial charge on any atom is -0.328 e. The van der Waals surface area contributed by atoms with Crippen LogP contribution in [0.5, 0.6) is 0 Å². The predicted molar refractivity (Wildman–Crippen MR) is 127 cm³/mol. The molecule has 10 heteroatoms. The predicted octanol–water partition coefficient (Wildman–Crippen LogP) is 3.62. The maximum atomic E-state index is 14.4. The van der Waals surface area contributed by atoms with Gasteiger partial charge in [-0.25, -0.2) is 18.3 Å². The van der Waals surface area contributed by atoms with Crippen molar-refractivity contribution in [2.45, 2.75) is 37.8 Å². The molecule has 35 heavy (non-hydrogen) atoms. The lowest BCUT2D eigenvalue weighted by Gasteiger charge is -2.41. The second-order valence-electron chi connectivity index (χ2n) is 9.28. The quantitative estimate of drug-likeness (QED) is 0.412. The van der Waals surface area contributed by atoms with E-state index in [1.54, 1.807) is 18.5 Å². The topological polar surface area (TPSA) is 124 Å². The van der Waals surface area contributed by atoms with E-state index in [-0.39, 0.29) is 28.5 Å². The molecule has 1 aliphatic carbocycles. The largest absolute Gasteiger partial charge is 0.328 e. The fourth-order valence-corrected chi connectivity index (χ4v) is 5.12. The number of carbonyl (C=O) groups excluding carboxylic acids is 1. The van der Waals surface area contributed by atoms with Gasteiger partial charge >= 0.3 is 0 Å². The summed E-state index contributed by atoms with van der Waals surface area (Å²) >= 11 is 0. The average molecular weight is 478 g/mol. The molecule has 0 saturated heterocycles. The van der Waals surface area contributed by atoms with Crippen LogP contribution >= 0.6 is 0 Å². The minimum atomic E-state index is -0.746. The van der Waals surface area contributed by atoms with E-state index in [9.17, 15) is 13.6 Å². The monoisotopic (exact) mass is 477 g/mol. The van der Waals surface area contributed by atoms with Gasteiger partial charge < -0.3 is 16.8 Å². The van der Waals surface area contributed by atoms with Gasteiger partial charge in [0.15, 0.2) is 5.65 Å². The summed E-state index contributed by atoms with van der Waals surface area (Å²) in [5.41, 5.74) is 13.6. The first kappa shape index (κ1) is 23.0. The smallest absolute Gasteiger partial charge is 0.274 e. The summed E-state index contributed by atoms with van der Waals surface area (Å²) in [6.45, 7) is 2.11. The normalized spacial score (nSPS) is 22.3. The lowest BCUT2D eigenvalue weighted by atomic mass is 9.71. The molecule has 1 amide bonds. The van der Waals surface area contributed by atoms with E-state index in [2.05, 4.69) is 27.3 Å². The third kappa shape index (κ3) is 4.26. The minimum absolute atomic E-state index is 0.0383. The first-order valence-electron chi connectivity index (χ1n) is 11.3. The van der Waals surface area contributed by atoms with E-state index in [1.807, 2.05) is 0 Å². The Hall–Kier alpha value is -3.76. The molecule has 3 atom stereocenters. The summed E-state index contributed by atoms with van der Waals surface area (Å²) in [5, 5.41) is 6.97. The van der Waals surface area contributed by atoms with Crippen LogP contribution in [0.2, 0.25) is 0 Å². The fraction of sp³-hybridized carbons (Fsp3) is 0.280. The lowest BCUT2D eigenvalue weighted by molar-refractivity contribution is 0.102. The van der Waals surface area contributed by atoms with Gasteiger partial charge in [-0.1, -0.05) is 13.0 Å². The van der Waals surface area contributed by atoms with Gasteiger partial charge in [-0.3, -0.25) is 9.78 Å². The average Bonchev–Trinajstić information content (AvgIpc) is 3.21.